The van der Waals surface area contributed by atoms with E-state index in [1.165, 1.54) is 23.6 Å². The van der Waals surface area contributed by atoms with Gasteiger partial charge in [-0.1, -0.05) is 20.8 Å². The van der Waals surface area contributed by atoms with Crippen molar-refractivity contribution in [2.75, 3.05) is 26.2 Å². The van der Waals surface area contributed by atoms with E-state index < -0.39 is 0 Å². The van der Waals surface area contributed by atoms with Crippen LogP contribution in [-0.2, 0) is 25.9 Å². The summed E-state index contributed by atoms with van der Waals surface area (Å²) < 4.78 is 2.50. The van der Waals surface area contributed by atoms with Crippen LogP contribution >= 0.6 is 0 Å². The van der Waals surface area contributed by atoms with Crippen LogP contribution < -0.4 is 5.32 Å². The molecular weight excluding hydrogens is 236 g/mol. The standard InChI is InChI=1S/C15H28N4/c1-4-7-15-17-13-12-16-9-8-14(13)19(15)11-10-18(5-2)6-3/h16H,4-12H2,1-3H3. The molecule has 2 rings (SSSR count). The van der Waals surface area contributed by atoms with Crippen molar-refractivity contribution < 1.29 is 0 Å². The Morgan fingerprint density at radius 1 is 1.26 bits per heavy atom. The Hall–Kier alpha value is -0.870. The molecule has 1 aromatic rings. The first-order chi connectivity index (χ1) is 9.30. The molecule has 0 saturated carbocycles. The van der Waals surface area contributed by atoms with Crippen molar-refractivity contribution in [1.82, 2.24) is 19.8 Å². The lowest BCUT2D eigenvalue weighted by Crippen LogP contribution is -2.29. The average Bonchev–Trinajstić information content (AvgIpc) is 2.78. The Kier molecular flexibility index (Phi) is 5.40. The number of hydrogen-bond donors (Lipinski definition) is 1. The molecule has 1 aliphatic rings. The molecule has 0 saturated heterocycles. The molecule has 19 heavy (non-hydrogen) atoms. The lowest BCUT2D eigenvalue weighted by atomic mass is 10.2. The molecule has 0 aliphatic carbocycles. The Labute approximate surface area is 117 Å². The SMILES string of the molecule is CCCc1nc2c(n1CCN(CC)CC)CCNC2. The fourth-order valence-electron chi connectivity index (χ4n) is 2.89. The van der Waals surface area contributed by atoms with Crippen molar-refractivity contribution in [3.63, 3.8) is 0 Å². The highest BCUT2D eigenvalue weighted by Crippen LogP contribution is 2.17. The van der Waals surface area contributed by atoms with Crippen LogP contribution in [0.2, 0.25) is 0 Å². The van der Waals surface area contributed by atoms with Gasteiger partial charge in [0.1, 0.15) is 5.82 Å². The summed E-state index contributed by atoms with van der Waals surface area (Å²) in [7, 11) is 0. The van der Waals surface area contributed by atoms with Crippen LogP contribution in [0.15, 0.2) is 0 Å². The van der Waals surface area contributed by atoms with Crippen LogP contribution in [0.25, 0.3) is 0 Å². The first-order valence-electron chi connectivity index (χ1n) is 7.80. The molecule has 0 radical (unpaired) electrons. The minimum absolute atomic E-state index is 0.949. The molecule has 4 heteroatoms. The number of nitrogens with zero attached hydrogens (tertiary/aromatic N) is 3. The zero-order valence-electron chi connectivity index (χ0n) is 12.7. The highest BCUT2D eigenvalue weighted by atomic mass is 15.2. The zero-order chi connectivity index (χ0) is 13.7. The number of aromatic nitrogens is 2. The Morgan fingerprint density at radius 2 is 2.05 bits per heavy atom. The summed E-state index contributed by atoms with van der Waals surface area (Å²) in [4.78, 5) is 7.34. The van der Waals surface area contributed by atoms with Gasteiger partial charge in [0.05, 0.1) is 5.69 Å². The van der Waals surface area contributed by atoms with Crippen LogP contribution in [0.3, 0.4) is 0 Å². The van der Waals surface area contributed by atoms with Crippen molar-refractivity contribution in [2.24, 2.45) is 0 Å². The van der Waals surface area contributed by atoms with Crippen LogP contribution in [-0.4, -0.2) is 40.6 Å². The van der Waals surface area contributed by atoms with Crippen LogP contribution in [0.4, 0.5) is 0 Å². The van der Waals surface area contributed by atoms with E-state index in [0.29, 0.717) is 0 Å². The molecular formula is C15H28N4. The Bertz CT molecular complexity index is 393. The summed E-state index contributed by atoms with van der Waals surface area (Å²) in [5, 5.41) is 3.42. The predicted molar refractivity (Wildman–Crippen MR) is 79.4 cm³/mol. The van der Waals surface area contributed by atoms with E-state index in [9.17, 15) is 0 Å². The highest BCUT2D eigenvalue weighted by molar-refractivity contribution is 5.20. The van der Waals surface area contributed by atoms with Gasteiger partial charge in [0, 0.05) is 44.7 Å². The zero-order valence-corrected chi connectivity index (χ0v) is 12.7. The molecule has 0 amide bonds. The van der Waals surface area contributed by atoms with E-state index in [2.05, 4.69) is 35.6 Å². The maximum absolute atomic E-state index is 4.85. The number of aryl methyl sites for hydroxylation is 1. The number of nitrogens with one attached hydrogen (secondary N) is 1. The number of imidazole rings is 1. The van der Waals surface area contributed by atoms with E-state index in [1.807, 2.05) is 0 Å². The van der Waals surface area contributed by atoms with Crippen molar-refractivity contribution in [2.45, 2.75) is 53.1 Å². The number of likely N-dealkylation sites (N-methyl/N-ethyl adjacent to an activating group) is 1. The molecule has 108 valence electrons. The van der Waals surface area contributed by atoms with Gasteiger partial charge < -0.3 is 14.8 Å². The second-order valence-corrected chi connectivity index (χ2v) is 5.28. The minimum Gasteiger partial charge on any atom is -0.330 e. The predicted octanol–water partition coefficient (Wildman–Crippen LogP) is 1.82. The quantitative estimate of drug-likeness (QED) is 0.815. The summed E-state index contributed by atoms with van der Waals surface area (Å²) in [6.45, 7) is 13.3. The lowest BCUT2D eigenvalue weighted by Gasteiger charge is -2.21. The maximum Gasteiger partial charge on any atom is 0.109 e. The van der Waals surface area contributed by atoms with Gasteiger partial charge in [0.15, 0.2) is 0 Å². The van der Waals surface area contributed by atoms with E-state index in [0.717, 1.165) is 52.1 Å². The normalized spacial score (nSPS) is 14.9. The minimum atomic E-state index is 0.949. The summed E-state index contributed by atoms with van der Waals surface area (Å²) >= 11 is 0. The van der Waals surface area contributed by atoms with Crippen molar-refractivity contribution in [1.29, 1.82) is 0 Å². The topological polar surface area (TPSA) is 33.1 Å². The number of hydrogen-bond acceptors (Lipinski definition) is 3. The molecule has 1 aliphatic heterocycles. The van der Waals surface area contributed by atoms with Gasteiger partial charge in [0.25, 0.3) is 0 Å². The number of rotatable bonds is 7. The van der Waals surface area contributed by atoms with Gasteiger partial charge >= 0.3 is 0 Å². The first kappa shape index (κ1) is 14.5. The van der Waals surface area contributed by atoms with E-state index >= 15 is 0 Å². The molecule has 1 N–H and O–H groups in total. The van der Waals surface area contributed by atoms with Gasteiger partial charge in [-0.3, -0.25) is 0 Å². The van der Waals surface area contributed by atoms with E-state index in [4.69, 9.17) is 4.98 Å². The smallest absolute Gasteiger partial charge is 0.109 e. The third kappa shape index (κ3) is 3.37. The van der Waals surface area contributed by atoms with Gasteiger partial charge in [-0.05, 0) is 19.5 Å². The second-order valence-electron chi connectivity index (χ2n) is 5.28. The molecule has 0 spiro atoms. The molecule has 0 fully saturated rings. The first-order valence-corrected chi connectivity index (χ1v) is 7.80. The molecule has 0 unspecified atom stereocenters. The van der Waals surface area contributed by atoms with Crippen molar-refractivity contribution >= 4 is 0 Å². The molecule has 0 atom stereocenters. The fourth-order valence-corrected chi connectivity index (χ4v) is 2.89. The molecule has 4 nitrogen and oxygen atoms in total. The number of fused-ring (bicyclic) bond motifs is 1. The molecule has 1 aromatic heterocycles. The van der Waals surface area contributed by atoms with Crippen molar-refractivity contribution in [3.8, 4) is 0 Å². The third-order valence-electron chi connectivity index (χ3n) is 4.07. The van der Waals surface area contributed by atoms with Crippen LogP contribution in [0.5, 0.6) is 0 Å². The highest BCUT2D eigenvalue weighted by Gasteiger charge is 2.19. The average molecular weight is 264 g/mol. The summed E-state index contributed by atoms with van der Waals surface area (Å²) in [5.74, 6) is 1.29. The van der Waals surface area contributed by atoms with Gasteiger partial charge in [0.2, 0.25) is 0 Å². The van der Waals surface area contributed by atoms with Gasteiger partial charge in [-0.15, -0.1) is 0 Å². The maximum atomic E-state index is 4.85. The molecule has 2 heterocycles. The van der Waals surface area contributed by atoms with Crippen LogP contribution in [0.1, 0.15) is 44.4 Å². The largest absolute Gasteiger partial charge is 0.330 e. The molecule has 0 aromatic carbocycles. The second kappa shape index (κ2) is 7.06. The van der Waals surface area contributed by atoms with Crippen LogP contribution in [0, 0.1) is 0 Å². The summed E-state index contributed by atoms with van der Waals surface area (Å²) in [6, 6.07) is 0. The van der Waals surface area contributed by atoms with E-state index in [1.54, 1.807) is 0 Å². The monoisotopic (exact) mass is 264 g/mol. The lowest BCUT2D eigenvalue weighted by molar-refractivity contribution is 0.287. The van der Waals surface area contributed by atoms with Gasteiger partial charge in [-0.2, -0.15) is 0 Å². The Balaban J connectivity index is 2.14. The third-order valence-corrected chi connectivity index (χ3v) is 4.07. The van der Waals surface area contributed by atoms with E-state index in [-0.39, 0.29) is 0 Å². The van der Waals surface area contributed by atoms with Gasteiger partial charge in [-0.25, -0.2) is 4.98 Å². The fraction of sp³-hybridized carbons (Fsp3) is 0.800. The summed E-state index contributed by atoms with van der Waals surface area (Å²) in [5.41, 5.74) is 2.77. The molecule has 0 bridgehead atoms. The summed E-state index contributed by atoms with van der Waals surface area (Å²) in [6.07, 6.45) is 3.41. The Morgan fingerprint density at radius 3 is 2.74 bits per heavy atom. The van der Waals surface area contributed by atoms with Crippen molar-refractivity contribution in [3.05, 3.63) is 17.2 Å².